The molecule has 2 fully saturated rings. The molecule has 0 aromatic rings. The van der Waals surface area contributed by atoms with Gasteiger partial charge in [-0.2, -0.15) is 0 Å². The molecule has 2 aliphatic rings. The monoisotopic (exact) mass is 212 g/mol. The first-order chi connectivity index (χ1) is 7.18. The zero-order chi connectivity index (χ0) is 10.8. The van der Waals surface area contributed by atoms with Gasteiger partial charge in [0.15, 0.2) is 0 Å². The molecule has 2 unspecified atom stereocenters. The highest BCUT2D eigenvalue weighted by atomic mass is 16.6. The quantitative estimate of drug-likeness (QED) is 0.761. The number of carbonyl (C=O) groups is 1. The van der Waals surface area contributed by atoms with Crippen molar-refractivity contribution in [2.24, 2.45) is 11.8 Å². The molecule has 86 valence electrons. The molecule has 2 aliphatic heterocycles. The molecule has 4 heteroatoms. The van der Waals surface area contributed by atoms with Crippen molar-refractivity contribution in [3.63, 3.8) is 0 Å². The van der Waals surface area contributed by atoms with Crippen LogP contribution in [0.25, 0.3) is 0 Å². The molecule has 15 heavy (non-hydrogen) atoms. The van der Waals surface area contributed by atoms with Crippen LogP contribution < -0.4 is 5.32 Å². The fourth-order valence-corrected chi connectivity index (χ4v) is 2.46. The molecule has 2 atom stereocenters. The Morgan fingerprint density at radius 1 is 1.60 bits per heavy atom. The number of hydrogen-bond donors (Lipinski definition) is 1. The molecular formula is C11H20N2O2. The van der Waals surface area contributed by atoms with Crippen LogP contribution in [0.3, 0.4) is 0 Å². The summed E-state index contributed by atoms with van der Waals surface area (Å²) in [7, 11) is 0. The molecular weight excluding hydrogens is 192 g/mol. The molecule has 0 radical (unpaired) electrons. The van der Waals surface area contributed by atoms with Gasteiger partial charge in [0.25, 0.3) is 0 Å². The second kappa shape index (κ2) is 4.39. The zero-order valence-corrected chi connectivity index (χ0v) is 9.53. The van der Waals surface area contributed by atoms with Crippen molar-refractivity contribution in [1.29, 1.82) is 0 Å². The van der Waals surface area contributed by atoms with Crippen molar-refractivity contribution in [2.75, 3.05) is 26.2 Å². The standard InChI is InChI=1S/C11H20N2O2/c1-8(2)6-13-10(7-15-11(13)14)9-3-4-12-5-9/h8-10,12H,3-7H2,1-2H3. The average Bonchev–Trinajstić information content (AvgIpc) is 2.76. The number of amides is 1. The Bertz CT molecular complexity index is 237. The first-order valence-electron chi connectivity index (χ1n) is 5.82. The third-order valence-corrected chi connectivity index (χ3v) is 3.22. The molecule has 0 bridgehead atoms. The molecule has 1 N–H and O–H groups in total. The van der Waals surface area contributed by atoms with Crippen molar-refractivity contribution in [2.45, 2.75) is 26.3 Å². The Hall–Kier alpha value is -0.770. The van der Waals surface area contributed by atoms with Crippen LogP contribution in [0.15, 0.2) is 0 Å². The first kappa shape index (κ1) is 10.7. The fourth-order valence-electron chi connectivity index (χ4n) is 2.46. The van der Waals surface area contributed by atoms with Gasteiger partial charge in [-0.3, -0.25) is 0 Å². The van der Waals surface area contributed by atoms with Crippen LogP contribution >= 0.6 is 0 Å². The lowest BCUT2D eigenvalue weighted by Gasteiger charge is -2.27. The summed E-state index contributed by atoms with van der Waals surface area (Å²) in [4.78, 5) is 13.5. The van der Waals surface area contributed by atoms with Crippen molar-refractivity contribution in [1.82, 2.24) is 10.2 Å². The minimum Gasteiger partial charge on any atom is -0.447 e. The summed E-state index contributed by atoms with van der Waals surface area (Å²) in [5.41, 5.74) is 0. The Morgan fingerprint density at radius 2 is 2.40 bits per heavy atom. The second-order valence-corrected chi connectivity index (χ2v) is 4.94. The van der Waals surface area contributed by atoms with E-state index in [4.69, 9.17) is 4.74 Å². The number of nitrogens with one attached hydrogen (secondary N) is 1. The number of nitrogens with zero attached hydrogens (tertiary/aromatic N) is 1. The maximum absolute atomic E-state index is 11.6. The topological polar surface area (TPSA) is 41.6 Å². The van der Waals surface area contributed by atoms with E-state index < -0.39 is 0 Å². The van der Waals surface area contributed by atoms with Crippen LogP contribution in [-0.4, -0.2) is 43.3 Å². The number of rotatable bonds is 3. The second-order valence-electron chi connectivity index (χ2n) is 4.94. The van der Waals surface area contributed by atoms with Crippen molar-refractivity contribution < 1.29 is 9.53 Å². The van der Waals surface area contributed by atoms with Crippen LogP contribution in [0.2, 0.25) is 0 Å². The molecule has 0 aromatic heterocycles. The Kier molecular flexibility index (Phi) is 3.14. The maximum Gasteiger partial charge on any atom is 0.410 e. The number of carbonyl (C=O) groups excluding carboxylic acids is 1. The largest absolute Gasteiger partial charge is 0.447 e. The van der Waals surface area contributed by atoms with E-state index in [0.29, 0.717) is 24.5 Å². The first-order valence-corrected chi connectivity index (χ1v) is 5.82. The van der Waals surface area contributed by atoms with Gasteiger partial charge in [0.05, 0.1) is 6.04 Å². The predicted molar refractivity (Wildman–Crippen MR) is 57.7 cm³/mol. The Morgan fingerprint density at radius 3 is 3.00 bits per heavy atom. The zero-order valence-electron chi connectivity index (χ0n) is 9.53. The van der Waals surface area contributed by atoms with Crippen LogP contribution in [0.5, 0.6) is 0 Å². The van der Waals surface area contributed by atoms with Gasteiger partial charge in [-0.05, 0) is 24.8 Å². The van der Waals surface area contributed by atoms with Gasteiger partial charge in [0, 0.05) is 13.1 Å². The summed E-state index contributed by atoms with van der Waals surface area (Å²) in [6, 6.07) is 0.301. The van der Waals surface area contributed by atoms with Crippen LogP contribution in [-0.2, 0) is 4.74 Å². The van der Waals surface area contributed by atoms with Crippen molar-refractivity contribution >= 4 is 6.09 Å². The van der Waals surface area contributed by atoms with Crippen molar-refractivity contribution in [3.05, 3.63) is 0 Å². The average molecular weight is 212 g/mol. The molecule has 0 aliphatic carbocycles. The van der Waals surface area contributed by atoms with E-state index in [1.807, 2.05) is 4.90 Å². The lowest BCUT2D eigenvalue weighted by atomic mass is 9.98. The third-order valence-electron chi connectivity index (χ3n) is 3.22. The lowest BCUT2D eigenvalue weighted by molar-refractivity contribution is 0.152. The summed E-state index contributed by atoms with van der Waals surface area (Å²) in [6.07, 6.45) is 1.04. The minimum absolute atomic E-state index is 0.124. The predicted octanol–water partition coefficient (Wildman–Crippen LogP) is 1.07. The fraction of sp³-hybridized carbons (Fsp3) is 0.909. The molecule has 2 heterocycles. The van der Waals surface area contributed by atoms with E-state index in [1.54, 1.807) is 0 Å². The third kappa shape index (κ3) is 2.25. The van der Waals surface area contributed by atoms with Gasteiger partial charge in [-0.15, -0.1) is 0 Å². The Balaban J connectivity index is 1.99. The normalized spacial score (nSPS) is 31.4. The van der Waals surface area contributed by atoms with Gasteiger partial charge >= 0.3 is 6.09 Å². The smallest absolute Gasteiger partial charge is 0.410 e. The van der Waals surface area contributed by atoms with Crippen LogP contribution in [0, 0.1) is 11.8 Å². The highest BCUT2D eigenvalue weighted by molar-refractivity contribution is 5.70. The number of cyclic esters (lactones) is 1. The van der Waals surface area contributed by atoms with Gasteiger partial charge in [-0.1, -0.05) is 13.8 Å². The summed E-state index contributed by atoms with van der Waals surface area (Å²) < 4.78 is 5.15. The highest BCUT2D eigenvalue weighted by Crippen LogP contribution is 2.24. The van der Waals surface area contributed by atoms with E-state index in [1.165, 1.54) is 0 Å². The van der Waals surface area contributed by atoms with Gasteiger partial charge in [0.2, 0.25) is 0 Å². The van der Waals surface area contributed by atoms with Gasteiger partial charge in [0.1, 0.15) is 6.61 Å². The van der Waals surface area contributed by atoms with E-state index >= 15 is 0 Å². The molecule has 0 aromatic carbocycles. The van der Waals surface area contributed by atoms with E-state index in [-0.39, 0.29) is 6.09 Å². The summed E-state index contributed by atoms with van der Waals surface area (Å²) in [5.74, 6) is 1.09. The summed E-state index contributed by atoms with van der Waals surface area (Å²) >= 11 is 0. The Labute approximate surface area is 91.0 Å². The highest BCUT2D eigenvalue weighted by Gasteiger charge is 2.39. The number of ether oxygens (including phenoxy) is 1. The molecule has 2 saturated heterocycles. The molecule has 4 nitrogen and oxygen atoms in total. The minimum atomic E-state index is -0.124. The SMILES string of the molecule is CC(C)CN1C(=O)OCC1C1CCNC1. The molecule has 0 saturated carbocycles. The molecule has 2 rings (SSSR count). The number of hydrogen-bond acceptors (Lipinski definition) is 3. The van der Waals surface area contributed by atoms with Crippen LogP contribution in [0.4, 0.5) is 4.79 Å². The lowest BCUT2D eigenvalue weighted by Crippen LogP contribution is -2.41. The summed E-state index contributed by atoms with van der Waals surface area (Å²) in [5, 5.41) is 3.34. The van der Waals surface area contributed by atoms with Gasteiger partial charge in [-0.25, -0.2) is 4.79 Å². The van der Waals surface area contributed by atoms with Crippen molar-refractivity contribution in [3.8, 4) is 0 Å². The summed E-state index contributed by atoms with van der Waals surface area (Å²) in [6.45, 7) is 7.77. The van der Waals surface area contributed by atoms with E-state index in [9.17, 15) is 4.79 Å². The maximum atomic E-state index is 11.6. The molecule has 1 amide bonds. The van der Waals surface area contributed by atoms with E-state index in [0.717, 1.165) is 26.1 Å². The van der Waals surface area contributed by atoms with Gasteiger partial charge < -0.3 is 15.0 Å². The van der Waals surface area contributed by atoms with Crippen LogP contribution in [0.1, 0.15) is 20.3 Å². The molecule has 0 spiro atoms. The van der Waals surface area contributed by atoms with E-state index in [2.05, 4.69) is 19.2 Å².